The summed E-state index contributed by atoms with van der Waals surface area (Å²) in [6, 6.07) is 27.4. The van der Waals surface area contributed by atoms with Crippen LogP contribution < -0.4 is 5.32 Å². The van der Waals surface area contributed by atoms with Crippen LogP contribution in [0.25, 0.3) is 0 Å². The van der Waals surface area contributed by atoms with Crippen molar-refractivity contribution in [2.24, 2.45) is 11.8 Å². The Kier molecular flexibility index (Phi) is 5.86. The third-order valence-corrected chi connectivity index (χ3v) is 10.0. The zero-order chi connectivity index (χ0) is 25.8. The summed E-state index contributed by atoms with van der Waals surface area (Å²) in [6.07, 6.45) is 0.662. The van der Waals surface area contributed by atoms with Crippen molar-refractivity contribution in [3.63, 3.8) is 0 Å². The molecule has 0 radical (unpaired) electrons. The minimum Gasteiger partial charge on any atom is -0.322 e. The smallest absolute Gasteiger partial charge is 0.255 e. The van der Waals surface area contributed by atoms with E-state index in [1.165, 1.54) is 16.0 Å². The Balaban J connectivity index is 1.02. The van der Waals surface area contributed by atoms with Gasteiger partial charge in [0.05, 0.1) is 6.04 Å². The third kappa shape index (κ3) is 4.14. The molecule has 2 saturated heterocycles. The molecular formula is C31H29N3O3S. The molecule has 38 heavy (non-hydrogen) atoms. The number of nitrogens with zero attached hydrogens (tertiary/aromatic N) is 2. The molecule has 192 valence electrons. The van der Waals surface area contributed by atoms with Crippen molar-refractivity contribution in [3.05, 3.63) is 101 Å². The van der Waals surface area contributed by atoms with Crippen molar-refractivity contribution in [2.75, 3.05) is 13.1 Å². The molecular weight excluding hydrogens is 494 g/mol. The fraction of sp³-hybridized carbons (Fsp3) is 0.323. The molecule has 0 spiro atoms. The minimum absolute atomic E-state index is 0.113. The number of imide groups is 1. The van der Waals surface area contributed by atoms with E-state index in [4.69, 9.17) is 0 Å². The summed E-state index contributed by atoms with van der Waals surface area (Å²) in [6.45, 7) is 2.60. The average molecular weight is 524 g/mol. The lowest BCUT2D eigenvalue weighted by Gasteiger charge is -2.31. The van der Waals surface area contributed by atoms with Crippen LogP contribution in [0.2, 0.25) is 0 Å². The zero-order valence-corrected chi connectivity index (χ0v) is 21.8. The van der Waals surface area contributed by atoms with E-state index < -0.39 is 6.04 Å². The van der Waals surface area contributed by atoms with Crippen LogP contribution in [-0.4, -0.2) is 51.9 Å². The van der Waals surface area contributed by atoms with Gasteiger partial charge in [0.2, 0.25) is 11.8 Å². The maximum Gasteiger partial charge on any atom is 0.255 e. The van der Waals surface area contributed by atoms with Gasteiger partial charge in [-0.05, 0) is 53.1 Å². The first-order valence-corrected chi connectivity index (χ1v) is 14.2. The van der Waals surface area contributed by atoms with E-state index >= 15 is 0 Å². The maximum absolute atomic E-state index is 13.0. The largest absolute Gasteiger partial charge is 0.322 e. The standard InChI is InChI=1S/C31H29N3O3S/c35-27-14-13-26(30(36)32-27)34-16-21-15-22(11-12-23(21)31(34)37)38-29-24-17-33(18-25(24)29)28(19-7-3-1-4-8-19)20-9-5-2-6-10-20/h1-12,15,24-26,28-29H,13-14,16-18H2,(H,32,35,36). The molecule has 7 rings (SSSR count). The highest BCUT2D eigenvalue weighted by Crippen LogP contribution is 2.57. The number of carbonyl (C=O) groups is 3. The quantitative estimate of drug-likeness (QED) is 0.489. The van der Waals surface area contributed by atoms with Crippen molar-refractivity contribution in [1.82, 2.24) is 15.1 Å². The lowest BCUT2D eigenvalue weighted by Crippen LogP contribution is -2.52. The Morgan fingerprint density at radius 3 is 2.13 bits per heavy atom. The van der Waals surface area contributed by atoms with Crippen LogP contribution >= 0.6 is 11.8 Å². The summed E-state index contributed by atoms with van der Waals surface area (Å²) in [5.74, 6) is 0.602. The Labute approximate surface area is 226 Å². The third-order valence-electron chi connectivity index (χ3n) is 8.51. The molecule has 0 aromatic heterocycles. The zero-order valence-electron chi connectivity index (χ0n) is 21.0. The Hall–Kier alpha value is -3.42. The van der Waals surface area contributed by atoms with E-state index in [9.17, 15) is 14.4 Å². The number of thioether (sulfide) groups is 1. The molecule has 3 aromatic rings. The minimum atomic E-state index is -0.570. The molecule has 3 fully saturated rings. The summed E-state index contributed by atoms with van der Waals surface area (Å²) in [5.41, 5.74) is 4.33. The van der Waals surface area contributed by atoms with Crippen LogP contribution in [0.4, 0.5) is 0 Å². The lowest BCUT2D eigenvalue weighted by atomic mass is 9.97. The van der Waals surface area contributed by atoms with Gasteiger partial charge in [-0.2, -0.15) is 0 Å². The van der Waals surface area contributed by atoms with Crippen LogP contribution in [0.15, 0.2) is 83.8 Å². The number of piperidine rings is 2. The SMILES string of the molecule is O=C1CCC(N2Cc3cc(SC4C5CN(C(c6ccccc6)c6ccccc6)CC54)ccc3C2=O)C(=O)N1. The van der Waals surface area contributed by atoms with Gasteiger partial charge < -0.3 is 4.90 Å². The molecule has 1 N–H and O–H groups in total. The molecule has 3 atom stereocenters. The molecule has 0 bridgehead atoms. The molecule has 1 saturated carbocycles. The molecule has 4 aliphatic rings. The summed E-state index contributed by atoms with van der Waals surface area (Å²) in [7, 11) is 0. The normalized spacial score (nSPS) is 26.4. The maximum atomic E-state index is 13.0. The molecule has 1 aliphatic carbocycles. The first kappa shape index (κ1) is 23.7. The summed E-state index contributed by atoms with van der Waals surface area (Å²) in [5, 5.41) is 2.97. The van der Waals surface area contributed by atoms with Gasteiger partial charge in [-0.3, -0.25) is 24.6 Å². The van der Waals surface area contributed by atoms with Crippen molar-refractivity contribution >= 4 is 29.5 Å². The number of amides is 3. The van der Waals surface area contributed by atoms with Crippen molar-refractivity contribution in [1.29, 1.82) is 0 Å². The second-order valence-electron chi connectivity index (χ2n) is 10.8. The summed E-state index contributed by atoms with van der Waals surface area (Å²) in [4.78, 5) is 42.3. The van der Waals surface area contributed by atoms with Crippen molar-refractivity contribution in [2.45, 2.75) is 41.6 Å². The van der Waals surface area contributed by atoms with Gasteiger partial charge in [-0.15, -0.1) is 11.8 Å². The number of rotatable bonds is 6. The Morgan fingerprint density at radius 2 is 1.50 bits per heavy atom. The molecule has 3 aromatic carbocycles. The molecule has 3 heterocycles. The molecule has 3 aliphatic heterocycles. The van der Waals surface area contributed by atoms with Gasteiger partial charge in [-0.25, -0.2) is 0 Å². The first-order chi connectivity index (χ1) is 18.6. The number of hydrogen-bond donors (Lipinski definition) is 1. The van der Waals surface area contributed by atoms with Crippen LogP contribution in [0.5, 0.6) is 0 Å². The molecule has 3 amide bonds. The number of nitrogens with one attached hydrogen (secondary N) is 1. The highest BCUT2D eigenvalue weighted by molar-refractivity contribution is 8.00. The van der Waals surface area contributed by atoms with E-state index in [-0.39, 0.29) is 30.2 Å². The van der Waals surface area contributed by atoms with Gasteiger partial charge in [0.15, 0.2) is 0 Å². The number of benzene rings is 3. The van der Waals surface area contributed by atoms with Crippen LogP contribution in [0.1, 0.15) is 45.9 Å². The van der Waals surface area contributed by atoms with Gasteiger partial charge in [0.1, 0.15) is 6.04 Å². The molecule has 3 unspecified atom stereocenters. The van der Waals surface area contributed by atoms with E-state index in [0.717, 1.165) is 18.7 Å². The van der Waals surface area contributed by atoms with Crippen molar-refractivity contribution < 1.29 is 14.4 Å². The lowest BCUT2D eigenvalue weighted by molar-refractivity contribution is -0.136. The van der Waals surface area contributed by atoms with Gasteiger partial charge in [-0.1, -0.05) is 60.7 Å². The number of hydrogen-bond acceptors (Lipinski definition) is 5. The van der Waals surface area contributed by atoms with Crippen molar-refractivity contribution in [3.8, 4) is 0 Å². The average Bonchev–Trinajstić information content (AvgIpc) is 3.22. The van der Waals surface area contributed by atoms with Gasteiger partial charge in [0, 0.05) is 41.8 Å². The summed E-state index contributed by atoms with van der Waals surface area (Å²) >= 11 is 1.93. The highest BCUT2D eigenvalue weighted by atomic mass is 32.2. The molecule has 7 heteroatoms. The van der Waals surface area contributed by atoms with Gasteiger partial charge >= 0.3 is 0 Å². The number of likely N-dealkylation sites (tertiary alicyclic amines) is 1. The topological polar surface area (TPSA) is 69.7 Å². The molecule has 6 nitrogen and oxygen atoms in total. The number of carbonyl (C=O) groups excluding carboxylic acids is 3. The van der Waals surface area contributed by atoms with E-state index in [1.54, 1.807) is 4.90 Å². The Bertz CT molecular complexity index is 1360. The second-order valence-corrected chi connectivity index (χ2v) is 12.1. The Morgan fingerprint density at radius 1 is 0.842 bits per heavy atom. The second kappa shape index (κ2) is 9.40. The van der Waals surface area contributed by atoms with Crippen LogP contribution in [0, 0.1) is 11.8 Å². The predicted molar refractivity (Wildman–Crippen MR) is 145 cm³/mol. The van der Waals surface area contributed by atoms with Crippen LogP contribution in [-0.2, 0) is 16.1 Å². The number of fused-ring (bicyclic) bond motifs is 2. The van der Waals surface area contributed by atoms with Crippen LogP contribution in [0.3, 0.4) is 0 Å². The summed E-state index contributed by atoms with van der Waals surface area (Å²) < 4.78 is 0. The van der Waals surface area contributed by atoms with E-state index in [2.05, 4.69) is 83.0 Å². The first-order valence-electron chi connectivity index (χ1n) is 13.3. The van der Waals surface area contributed by atoms with E-state index in [1.807, 2.05) is 17.8 Å². The monoisotopic (exact) mass is 523 g/mol. The fourth-order valence-electron chi connectivity index (χ4n) is 6.56. The predicted octanol–water partition coefficient (Wildman–Crippen LogP) is 4.26. The van der Waals surface area contributed by atoms with Gasteiger partial charge in [0.25, 0.3) is 5.91 Å². The fourth-order valence-corrected chi connectivity index (χ4v) is 8.06. The highest BCUT2D eigenvalue weighted by Gasteiger charge is 2.57. The van der Waals surface area contributed by atoms with E-state index in [0.29, 0.717) is 35.6 Å².